The number of carboxylic acids is 1. The van der Waals surface area contributed by atoms with Crippen LogP contribution in [0.2, 0.25) is 0 Å². The van der Waals surface area contributed by atoms with Gasteiger partial charge in [-0.2, -0.15) is 0 Å². The zero-order valence-electron chi connectivity index (χ0n) is 11.3. The number of aromatic carboxylic acids is 1. The van der Waals surface area contributed by atoms with Gasteiger partial charge in [-0.05, 0) is 18.7 Å². The van der Waals surface area contributed by atoms with E-state index in [0.717, 1.165) is 5.56 Å². The van der Waals surface area contributed by atoms with Crippen LogP contribution in [0, 0.1) is 6.92 Å². The normalized spacial score (nSPS) is 9.68. The van der Waals surface area contributed by atoms with E-state index in [-0.39, 0.29) is 5.82 Å². The average molecular weight is 280 g/mol. The quantitative estimate of drug-likeness (QED) is 0.663. The number of nitrogens with one attached hydrogen (secondary N) is 1. The van der Waals surface area contributed by atoms with Gasteiger partial charge in [0.25, 0.3) is 0 Å². The van der Waals surface area contributed by atoms with Gasteiger partial charge in [0.15, 0.2) is 5.16 Å². The number of H-pyrrole nitrogens is 1. The first-order valence-corrected chi connectivity index (χ1v) is 7.00. The Morgan fingerprint density at radius 2 is 2.00 bits per heavy atom. The molecule has 6 nitrogen and oxygen atoms in total. The van der Waals surface area contributed by atoms with Gasteiger partial charge >= 0.3 is 5.97 Å². The Bertz CT molecular complexity index is 569. The lowest BCUT2D eigenvalue weighted by Gasteiger charge is -2.03. The van der Waals surface area contributed by atoms with Crippen LogP contribution >= 0.6 is 11.8 Å². The van der Waals surface area contributed by atoms with Crippen LogP contribution in [0.3, 0.4) is 0 Å². The van der Waals surface area contributed by atoms with Gasteiger partial charge in [-0.3, -0.25) is 0 Å². The minimum atomic E-state index is -1.09. The number of rotatable bonds is 3. The second-order valence-electron chi connectivity index (χ2n) is 3.34. The molecular formula is C12H16N4O2S. The fourth-order valence-electron chi connectivity index (χ4n) is 1.35. The van der Waals surface area contributed by atoms with Crippen molar-refractivity contribution in [2.75, 3.05) is 6.26 Å². The van der Waals surface area contributed by atoms with Crippen molar-refractivity contribution in [3.05, 3.63) is 23.8 Å². The molecule has 0 spiro atoms. The molecule has 7 heteroatoms. The molecule has 0 aliphatic carbocycles. The second-order valence-corrected chi connectivity index (χ2v) is 4.11. The predicted octanol–water partition coefficient (Wildman–Crippen LogP) is 2.62. The Hall–Kier alpha value is -1.89. The minimum absolute atomic E-state index is 0.0938. The molecule has 102 valence electrons. The van der Waals surface area contributed by atoms with E-state index in [4.69, 9.17) is 5.11 Å². The van der Waals surface area contributed by atoms with E-state index in [9.17, 15) is 4.79 Å². The van der Waals surface area contributed by atoms with Crippen LogP contribution in [0.15, 0.2) is 17.6 Å². The average Bonchev–Trinajstić information content (AvgIpc) is 2.91. The maximum Gasteiger partial charge on any atom is 0.371 e. The van der Waals surface area contributed by atoms with Crippen molar-refractivity contribution in [1.29, 1.82) is 0 Å². The first kappa shape index (κ1) is 15.2. The number of carbonyl (C=O) groups is 1. The van der Waals surface area contributed by atoms with Gasteiger partial charge in [0, 0.05) is 6.20 Å². The highest BCUT2D eigenvalue weighted by Crippen LogP contribution is 2.21. The van der Waals surface area contributed by atoms with Crippen LogP contribution in [0.25, 0.3) is 11.4 Å². The van der Waals surface area contributed by atoms with Gasteiger partial charge in [-0.15, -0.1) is 0 Å². The molecule has 0 unspecified atom stereocenters. The van der Waals surface area contributed by atoms with E-state index >= 15 is 0 Å². The minimum Gasteiger partial charge on any atom is -0.475 e. The maximum absolute atomic E-state index is 10.7. The first-order chi connectivity index (χ1) is 9.11. The third-order valence-electron chi connectivity index (χ3n) is 2.17. The Kier molecular flexibility index (Phi) is 5.50. The number of aryl methyl sites for hydroxylation is 1. The zero-order valence-corrected chi connectivity index (χ0v) is 12.1. The van der Waals surface area contributed by atoms with Crippen LogP contribution in [0.1, 0.15) is 30.0 Å². The number of thioether (sulfide) groups is 1. The number of hydrogen-bond donors (Lipinski definition) is 2. The van der Waals surface area contributed by atoms with Crippen LogP contribution in [0.4, 0.5) is 0 Å². The molecule has 2 N–H and O–H groups in total. The lowest BCUT2D eigenvalue weighted by atomic mass is 10.2. The summed E-state index contributed by atoms with van der Waals surface area (Å²) in [4.78, 5) is 25.6. The lowest BCUT2D eigenvalue weighted by molar-refractivity contribution is 0.0685. The molecule has 0 aromatic carbocycles. The molecule has 0 saturated carbocycles. The molecule has 0 saturated heterocycles. The van der Waals surface area contributed by atoms with Crippen LogP contribution in [0.5, 0.6) is 0 Å². The summed E-state index contributed by atoms with van der Waals surface area (Å²) in [6.07, 6.45) is 5.04. The molecule has 0 fully saturated rings. The number of imidazole rings is 1. The van der Waals surface area contributed by atoms with Crippen molar-refractivity contribution >= 4 is 17.7 Å². The summed E-state index contributed by atoms with van der Waals surface area (Å²) in [5, 5.41) is 9.42. The number of carboxylic acid groups (broad SMARTS) is 1. The van der Waals surface area contributed by atoms with E-state index in [2.05, 4.69) is 19.9 Å². The Morgan fingerprint density at radius 1 is 1.32 bits per heavy atom. The molecule has 0 radical (unpaired) electrons. The largest absolute Gasteiger partial charge is 0.475 e. The summed E-state index contributed by atoms with van der Waals surface area (Å²) in [5.74, 6) is -1.18. The van der Waals surface area contributed by atoms with Crippen LogP contribution < -0.4 is 0 Å². The lowest BCUT2D eigenvalue weighted by Crippen LogP contribution is -1.99. The molecular weight excluding hydrogens is 264 g/mol. The fraction of sp³-hybridized carbons (Fsp3) is 0.333. The van der Waals surface area contributed by atoms with E-state index in [1.165, 1.54) is 18.0 Å². The third kappa shape index (κ3) is 3.54. The smallest absolute Gasteiger partial charge is 0.371 e. The fourth-order valence-corrected chi connectivity index (χ4v) is 1.69. The zero-order chi connectivity index (χ0) is 14.4. The molecule has 2 heterocycles. The number of hydrogen-bond acceptors (Lipinski definition) is 5. The van der Waals surface area contributed by atoms with Crippen molar-refractivity contribution in [1.82, 2.24) is 19.9 Å². The Balaban J connectivity index is 0.000000861. The van der Waals surface area contributed by atoms with Crippen molar-refractivity contribution < 1.29 is 9.90 Å². The summed E-state index contributed by atoms with van der Waals surface area (Å²) in [6, 6.07) is 0. The highest BCUT2D eigenvalue weighted by Gasteiger charge is 2.12. The molecule has 2 rings (SSSR count). The SMILES string of the molecule is CC.CSc1ncc(C)c(-c2cnc(C(=O)O)[nH]2)n1. The second kappa shape index (κ2) is 6.89. The maximum atomic E-state index is 10.7. The van der Waals surface area contributed by atoms with E-state index in [1.807, 2.05) is 27.0 Å². The summed E-state index contributed by atoms with van der Waals surface area (Å²) in [7, 11) is 0. The molecule has 2 aromatic rings. The summed E-state index contributed by atoms with van der Waals surface area (Å²) in [6.45, 7) is 5.86. The molecule has 0 aliphatic rings. The number of aromatic amines is 1. The first-order valence-electron chi connectivity index (χ1n) is 5.78. The molecule has 2 aromatic heterocycles. The van der Waals surface area contributed by atoms with Gasteiger partial charge in [0.1, 0.15) is 0 Å². The van der Waals surface area contributed by atoms with Crippen molar-refractivity contribution in [3.8, 4) is 11.4 Å². The van der Waals surface area contributed by atoms with Gasteiger partial charge in [0.2, 0.25) is 5.82 Å². The van der Waals surface area contributed by atoms with Crippen LogP contribution in [-0.2, 0) is 0 Å². The highest BCUT2D eigenvalue weighted by molar-refractivity contribution is 7.98. The van der Waals surface area contributed by atoms with Gasteiger partial charge in [-0.25, -0.2) is 19.7 Å². The van der Waals surface area contributed by atoms with Crippen molar-refractivity contribution in [2.24, 2.45) is 0 Å². The predicted molar refractivity (Wildman–Crippen MR) is 74.4 cm³/mol. The van der Waals surface area contributed by atoms with Gasteiger partial charge in [-0.1, -0.05) is 25.6 Å². The number of aromatic nitrogens is 4. The topological polar surface area (TPSA) is 91.8 Å². The van der Waals surface area contributed by atoms with Crippen molar-refractivity contribution in [2.45, 2.75) is 25.9 Å². The highest BCUT2D eigenvalue weighted by atomic mass is 32.2. The summed E-state index contributed by atoms with van der Waals surface area (Å²) in [5.41, 5.74) is 2.12. The van der Waals surface area contributed by atoms with E-state index in [0.29, 0.717) is 16.5 Å². The Labute approximate surface area is 115 Å². The van der Waals surface area contributed by atoms with Gasteiger partial charge < -0.3 is 10.1 Å². The van der Waals surface area contributed by atoms with Crippen molar-refractivity contribution in [3.63, 3.8) is 0 Å². The van der Waals surface area contributed by atoms with E-state index in [1.54, 1.807) is 6.20 Å². The molecule has 19 heavy (non-hydrogen) atoms. The molecule has 0 atom stereocenters. The summed E-state index contributed by atoms with van der Waals surface area (Å²) >= 11 is 1.43. The Morgan fingerprint density at radius 3 is 2.53 bits per heavy atom. The van der Waals surface area contributed by atoms with Crippen LogP contribution in [-0.4, -0.2) is 37.3 Å². The van der Waals surface area contributed by atoms with Gasteiger partial charge in [0.05, 0.1) is 17.6 Å². The molecule has 0 amide bonds. The standard InChI is InChI=1S/C10H10N4O2S.C2H6/c1-5-3-12-10(17-2)14-7(5)6-4-11-8(13-6)9(15)16;1-2/h3-4H,1-2H3,(H,11,13)(H,15,16);1-2H3. The third-order valence-corrected chi connectivity index (χ3v) is 2.73. The number of nitrogens with zero attached hydrogens (tertiary/aromatic N) is 3. The monoisotopic (exact) mass is 280 g/mol. The van der Waals surface area contributed by atoms with E-state index < -0.39 is 5.97 Å². The molecule has 0 bridgehead atoms. The summed E-state index contributed by atoms with van der Waals surface area (Å²) < 4.78 is 0. The molecule has 0 aliphatic heterocycles.